The maximum absolute atomic E-state index is 12.1. The van der Waals surface area contributed by atoms with Gasteiger partial charge in [-0.2, -0.15) is 0 Å². The number of aromatic amines is 1. The summed E-state index contributed by atoms with van der Waals surface area (Å²) in [5.41, 5.74) is 2.29. The number of nitrogens with zero attached hydrogens (tertiary/aromatic N) is 2. The molecule has 3 rings (SSSR count). The number of aryl methyl sites for hydroxylation is 2. The molecule has 0 bridgehead atoms. The van der Waals surface area contributed by atoms with E-state index >= 15 is 0 Å². The number of hydrogen-bond donors (Lipinski definition) is 2. The highest BCUT2D eigenvalue weighted by Crippen LogP contribution is 2.30. The van der Waals surface area contributed by atoms with Crippen LogP contribution in [0.1, 0.15) is 10.6 Å². The second-order valence-electron chi connectivity index (χ2n) is 5.32. The Morgan fingerprint density at radius 1 is 1.24 bits per heavy atom. The summed E-state index contributed by atoms with van der Waals surface area (Å²) in [5, 5.41) is 3.79. The lowest BCUT2D eigenvalue weighted by molar-refractivity contribution is -0.113. The number of amides is 1. The summed E-state index contributed by atoms with van der Waals surface area (Å²) < 4.78 is 0. The van der Waals surface area contributed by atoms with Crippen molar-refractivity contribution in [1.29, 1.82) is 0 Å². The summed E-state index contributed by atoms with van der Waals surface area (Å²) in [4.78, 5) is 35.9. The molecule has 25 heavy (non-hydrogen) atoms. The van der Waals surface area contributed by atoms with E-state index in [0.29, 0.717) is 16.0 Å². The molecule has 0 saturated carbocycles. The van der Waals surface area contributed by atoms with Gasteiger partial charge in [0.2, 0.25) is 5.91 Å². The zero-order chi connectivity index (χ0) is 17.8. The van der Waals surface area contributed by atoms with Gasteiger partial charge >= 0.3 is 0 Å². The third-order valence-corrected chi connectivity index (χ3v) is 5.04. The fraction of sp³-hybridized carbons (Fsp3) is 0.176. The van der Waals surface area contributed by atoms with E-state index in [4.69, 9.17) is 0 Å². The van der Waals surface area contributed by atoms with Crippen molar-refractivity contribution in [2.45, 2.75) is 19.0 Å². The maximum atomic E-state index is 12.1. The number of carbonyl (C=O) groups excluding carboxylic acids is 1. The summed E-state index contributed by atoms with van der Waals surface area (Å²) >= 11 is 2.62. The summed E-state index contributed by atoms with van der Waals surface area (Å²) in [6.45, 7) is 3.72. The van der Waals surface area contributed by atoms with Crippen LogP contribution in [0.25, 0.3) is 11.3 Å². The molecule has 0 fully saturated rings. The van der Waals surface area contributed by atoms with E-state index in [1.807, 2.05) is 37.3 Å². The number of aromatic nitrogens is 3. The molecule has 1 amide bonds. The van der Waals surface area contributed by atoms with Crippen molar-refractivity contribution in [2.75, 3.05) is 11.1 Å². The van der Waals surface area contributed by atoms with Crippen LogP contribution in [0.15, 0.2) is 46.3 Å². The second-order valence-corrected chi connectivity index (χ2v) is 7.49. The Hall–Kier alpha value is -2.45. The van der Waals surface area contributed by atoms with Gasteiger partial charge in [0.05, 0.1) is 11.4 Å². The third-order valence-electron chi connectivity index (χ3n) is 3.28. The Labute approximate surface area is 152 Å². The van der Waals surface area contributed by atoms with Crippen LogP contribution in [0.4, 0.5) is 5.13 Å². The van der Waals surface area contributed by atoms with Crippen LogP contribution < -0.4 is 10.9 Å². The molecule has 0 aliphatic heterocycles. The van der Waals surface area contributed by atoms with Gasteiger partial charge in [0.1, 0.15) is 0 Å². The van der Waals surface area contributed by atoms with Crippen LogP contribution in [0.5, 0.6) is 0 Å². The summed E-state index contributed by atoms with van der Waals surface area (Å²) in [6, 6.07) is 11.3. The lowest BCUT2D eigenvalue weighted by Gasteiger charge is -2.02. The fourth-order valence-electron chi connectivity index (χ4n) is 2.22. The number of hydrogen-bond acceptors (Lipinski definition) is 6. The molecule has 0 unspecified atom stereocenters. The average molecular weight is 372 g/mol. The first-order valence-corrected chi connectivity index (χ1v) is 9.35. The first-order valence-electron chi connectivity index (χ1n) is 7.55. The number of rotatable bonds is 5. The van der Waals surface area contributed by atoms with Crippen molar-refractivity contribution in [3.8, 4) is 11.3 Å². The van der Waals surface area contributed by atoms with Crippen LogP contribution in [-0.2, 0) is 4.79 Å². The largest absolute Gasteiger partial charge is 0.301 e. The van der Waals surface area contributed by atoms with Crippen LogP contribution in [0.2, 0.25) is 0 Å². The number of benzene rings is 1. The van der Waals surface area contributed by atoms with Crippen molar-refractivity contribution in [2.24, 2.45) is 0 Å². The normalized spacial score (nSPS) is 10.6. The van der Waals surface area contributed by atoms with Gasteiger partial charge in [-0.1, -0.05) is 42.1 Å². The Balaban J connectivity index is 1.64. The lowest BCUT2D eigenvalue weighted by atomic mass is 10.1. The Morgan fingerprint density at radius 2 is 2.00 bits per heavy atom. The van der Waals surface area contributed by atoms with Gasteiger partial charge in [-0.15, -0.1) is 11.3 Å². The highest BCUT2D eigenvalue weighted by atomic mass is 32.2. The molecule has 2 heterocycles. The molecule has 0 aliphatic carbocycles. The van der Waals surface area contributed by atoms with E-state index in [1.54, 1.807) is 6.92 Å². The molecule has 0 saturated heterocycles. The molecule has 3 aromatic rings. The first-order chi connectivity index (χ1) is 12.0. The average Bonchev–Trinajstić information content (AvgIpc) is 2.93. The number of thiazole rings is 1. The molecule has 8 heteroatoms. The van der Waals surface area contributed by atoms with Gasteiger partial charge in [-0.05, 0) is 13.8 Å². The molecule has 1 aromatic carbocycles. The molecular formula is C17H16N4O2S2. The van der Waals surface area contributed by atoms with Crippen LogP contribution in [0.3, 0.4) is 0 Å². The predicted molar refractivity (Wildman–Crippen MR) is 101 cm³/mol. The van der Waals surface area contributed by atoms with E-state index < -0.39 is 0 Å². The van der Waals surface area contributed by atoms with Crippen molar-refractivity contribution in [3.05, 3.63) is 57.3 Å². The monoisotopic (exact) mass is 372 g/mol. The first kappa shape index (κ1) is 17.4. The zero-order valence-corrected chi connectivity index (χ0v) is 15.3. The summed E-state index contributed by atoms with van der Waals surface area (Å²) in [7, 11) is 0. The quantitative estimate of drug-likeness (QED) is 0.530. The highest BCUT2D eigenvalue weighted by Gasteiger charge is 2.12. The van der Waals surface area contributed by atoms with E-state index in [-0.39, 0.29) is 17.2 Å². The van der Waals surface area contributed by atoms with Crippen molar-refractivity contribution in [1.82, 2.24) is 15.0 Å². The Bertz CT molecular complexity index is 951. The molecule has 6 nitrogen and oxygen atoms in total. The third kappa shape index (κ3) is 4.55. The van der Waals surface area contributed by atoms with Gasteiger partial charge < -0.3 is 10.3 Å². The Morgan fingerprint density at radius 3 is 2.72 bits per heavy atom. The zero-order valence-electron chi connectivity index (χ0n) is 13.7. The fourth-order valence-corrected chi connectivity index (χ4v) is 3.80. The minimum Gasteiger partial charge on any atom is -0.301 e. The molecule has 128 valence electrons. The van der Waals surface area contributed by atoms with Crippen molar-refractivity contribution in [3.63, 3.8) is 0 Å². The molecular weight excluding hydrogens is 356 g/mol. The summed E-state index contributed by atoms with van der Waals surface area (Å²) in [5.74, 6) is -0.0476. The van der Waals surface area contributed by atoms with Crippen molar-refractivity contribution < 1.29 is 4.79 Å². The minimum atomic E-state index is -0.224. The number of carbonyl (C=O) groups is 1. The lowest BCUT2D eigenvalue weighted by Crippen LogP contribution is -2.15. The molecule has 0 radical (unpaired) electrons. The number of H-pyrrole nitrogens is 1. The molecule has 0 atom stereocenters. The minimum absolute atomic E-state index is 0.145. The van der Waals surface area contributed by atoms with Gasteiger partial charge in [0.25, 0.3) is 5.56 Å². The van der Waals surface area contributed by atoms with E-state index in [2.05, 4.69) is 20.3 Å². The van der Waals surface area contributed by atoms with Crippen LogP contribution in [-0.4, -0.2) is 26.6 Å². The molecule has 2 aromatic heterocycles. The van der Waals surface area contributed by atoms with E-state index in [0.717, 1.165) is 16.1 Å². The molecule has 2 N–H and O–H groups in total. The van der Waals surface area contributed by atoms with Gasteiger partial charge in [0, 0.05) is 22.2 Å². The van der Waals surface area contributed by atoms with E-state index in [9.17, 15) is 9.59 Å². The smallest absolute Gasteiger partial charge is 0.251 e. The standard InChI is InChI=1S/C17H16N4O2S2/c1-10-8-13(22)19-16(18-10)24-9-14(23)20-17-21-15(11(2)25-17)12-6-4-3-5-7-12/h3-8H,9H2,1-2H3,(H,18,19,22)(H,20,21,23). The van der Waals surface area contributed by atoms with Gasteiger partial charge in [-0.25, -0.2) is 9.97 Å². The van der Waals surface area contributed by atoms with Gasteiger partial charge in [-0.3, -0.25) is 9.59 Å². The van der Waals surface area contributed by atoms with Crippen LogP contribution >= 0.6 is 23.1 Å². The van der Waals surface area contributed by atoms with Gasteiger partial charge in [0.15, 0.2) is 10.3 Å². The van der Waals surface area contributed by atoms with E-state index in [1.165, 1.54) is 29.2 Å². The predicted octanol–water partition coefficient (Wildman–Crippen LogP) is 3.24. The number of anilines is 1. The van der Waals surface area contributed by atoms with Crippen LogP contribution in [0, 0.1) is 13.8 Å². The number of nitrogens with one attached hydrogen (secondary N) is 2. The SMILES string of the molecule is Cc1cc(=O)[nH]c(SCC(=O)Nc2nc(-c3ccccc3)c(C)s2)n1. The number of thioether (sulfide) groups is 1. The molecule has 0 aliphatic rings. The Kier molecular flexibility index (Phi) is 5.30. The molecule has 0 spiro atoms. The highest BCUT2D eigenvalue weighted by molar-refractivity contribution is 7.99. The summed E-state index contributed by atoms with van der Waals surface area (Å²) in [6.07, 6.45) is 0. The maximum Gasteiger partial charge on any atom is 0.251 e. The second kappa shape index (κ2) is 7.62. The topological polar surface area (TPSA) is 87.7 Å². The van der Waals surface area contributed by atoms with Crippen molar-refractivity contribution >= 4 is 34.1 Å².